The summed E-state index contributed by atoms with van der Waals surface area (Å²) >= 11 is 0. The summed E-state index contributed by atoms with van der Waals surface area (Å²) in [7, 11) is 0. The highest BCUT2D eigenvalue weighted by molar-refractivity contribution is 6.31. The summed E-state index contributed by atoms with van der Waals surface area (Å²) < 4.78 is 5.72. The number of rotatable bonds is 6. The molecule has 0 amide bonds. The van der Waals surface area contributed by atoms with Crippen LogP contribution in [0.15, 0.2) is 47.4 Å². The van der Waals surface area contributed by atoms with Gasteiger partial charge in [0.25, 0.3) is 0 Å². The molecule has 192 valence electrons. The predicted octanol–water partition coefficient (Wildman–Crippen LogP) is 2.56. The standard InChI is InChI=1S/C27H25NO9/c1-11-22(32)20(13(3)29)24-21(23(11)33)27(4)18(37-24)10-17(31)19(25(27)34)12(2)28-16(26(35)36)9-14-5-7-15(30)8-6-14/h5-8,10,16,28,30,32-33H,9H2,1-4H3,(H,35,36)/b19-12+/t16-,27-/m0/s1. The van der Waals surface area contributed by atoms with E-state index in [2.05, 4.69) is 5.32 Å². The third-order valence-electron chi connectivity index (χ3n) is 6.82. The maximum absolute atomic E-state index is 13.8. The Kier molecular flexibility index (Phi) is 6.07. The van der Waals surface area contributed by atoms with E-state index in [1.165, 1.54) is 39.8 Å². The molecular formula is C27H25NO9. The molecule has 0 saturated carbocycles. The van der Waals surface area contributed by atoms with Crippen molar-refractivity contribution in [3.63, 3.8) is 0 Å². The number of phenolic OH excluding ortho intramolecular Hbond substituents is 3. The van der Waals surface area contributed by atoms with Crippen LogP contribution < -0.4 is 10.1 Å². The van der Waals surface area contributed by atoms with Crippen molar-refractivity contribution in [1.82, 2.24) is 5.32 Å². The van der Waals surface area contributed by atoms with Crippen molar-refractivity contribution in [1.29, 1.82) is 0 Å². The van der Waals surface area contributed by atoms with E-state index in [9.17, 15) is 39.6 Å². The predicted molar refractivity (Wildman–Crippen MR) is 130 cm³/mol. The zero-order chi connectivity index (χ0) is 27.4. The maximum atomic E-state index is 13.8. The van der Waals surface area contributed by atoms with Crippen molar-refractivity contribution in [2.45, 2.75) is 45.6 Å². The molecule has 2 atom stereocenters. The van der Waals surface area contributed by atoms with Crippen molar-refractivity contribution < 1.29 is 44.3 Å². The zero-order valence-electron chi connectivity index (χ0n) is 20.5. The number of carbonyl (C=O) groups excluding carboxylic acids is 3. The summed E-state index contributed by atoms with van der Waals surface area (Å²) in [6.45, 7) is 5.41. The summed E-state index contributed by atoms with van der Waals surface area (Å²) in [6.07, 6.45) is 1.06. The van der Waals surface area contributed by atoms with Crippen molar-refractivity contribution in [2.75, 3.05) is 0 Å². The molecular weight excluding hydrogens is 482 g/mol. The van der Waals surface area contributed by atoms with Gasteiger partial charge in [-0.25, -0.2) is 4.79 Å². The van der Waals surface area contributed by atoms with E-state index in [1.807, 2.05) is 0 Å². The molecule has 37 heavy (non-hydrogen) atoms. The van der Waals surface area contributed by atoms with E-state index in [1.54, 1.807) is 12.1 Å². The number of Topliss-reactive ketones (excluding diaryl/α,β-unsaturated/α-hetero) is 2. The van der Waals surface area contributed by atoms with Crippen LogP contribution in [0.3, 0.4) is 0 Å². The van der Waals surface area contributed by atoms with Crippen LogP contribution >= 0.6 is 0 Å². The average Bonchev–Trinajstić information content (AvgIpc) is 3.11. The second-order valence-corrected chi connectivity index (χ2v) is 9.29. The van der Waals surface area contributed by atoms with Gasteiger partial charge in [-0.05, 0) is 45.4 Å². The second kappa shape index (κ2) is 8.81. The van der Waals surface area contributed by atoms with Gasteiger partial charge in [-0.15, -0.1) is 0 Å². The third kappa shape index (κ3) is 3.90. The molecule has 5 N–H and O–H groups in total. The minimum atomic E-state index is -1.70. The maximum Gasteiger partial charge on any atom is 0.326 e. The first-order valence-corrected chi connectivity index (χ1v) is 11.4. The zero-order valence-corrected chi connectivity index (χ0v) is 20.5. The van der Waals surface area contributed by atoms with Gasteiger partial charge in [0.2, 0.25) is 0 Å². The van der Waals surface area contributed by atoms with Crippen LogP contribution in [-0.2, 0) is 26.2 Å². The van der Waals surface area contributed by atoms with Crippen LogP contribution in [0, 0.1) is 6.92 Å². The minimum Gasteiger partial charge on any atom is -0.508 e. The van der Waals surface area contributed by atoms with Gasteiger partial charge in [-0.3, -0.25) is 14.4 Å². The molecule has 1 aliphatic carbocycles. The number of carboxylic acid groups (broad SMARTS) is 1. The molecule has 0 spiro atoms. The molecule has 10 nitrogen and oxygen atoms in total. The Hall–Kier alpha value is -4.60. The van der Waals surface area contributed by atoms with E-state index in [0.29, 0.717) is 5.56 Å². The molecule has 0 radical (unpaired) electrons. The number of allylic oxidation sites excluding steroid dienone is 4. The van der Waals surface area contributed by atoms with Crippen LogP contribution in [0.25, 0.3) is 0 Å². The lowest BCUT2D eigenvalue weighted by Crippen LogP contribution is -2.43. The molecule has 4 rings (SSSR count). The van der Waals surface area contributed by atoms with Crippen LogP contribution in [0.5, 0.6) is 23.0 Å². The van der Waals surface area contributed by atoms with Crippen molar-refractivity contribution in [3.8, 4) is 23.0 Å². The molecule has 10 heteroatoms. The van der Waals surface area contributed by atoms with Gasteiger partial charge in [0.05, 0.1) is 11.1 Å². The highest BCUT2D eigenvalue weighted by atomic mass is 16.5. The number of hydrogen-bond acceptors (Lipinski definition) is 9. The van der Waals surface area contributed by atoms with Crippen molar-refractivity contribution >= 4 is 23.3 Å². The highest BCUT2D eigenvalue weighted by Gasteiger charge is 2.56. The normalized spacial score (nSPS) is 20.4. The number of nitrogens with one attached hydrogen (secondary N) is 1. The molecule has 0 unspecified atom stereocenters. The monoisotopic (exact) mass is 507 g/mol. The third-order valence-corrected chi connectivity index (χ3v) is 6.82. The number of aliphatic carboxylic acids is 1. The molecule has 2 aromatic carbocycles. The lowest BCUT2D eigenvalue weighted by atomic mass is 9.70. The van der Waals surface area contributed by atoms with Gasteiger partial charge in [0.1, 0.15) is 45.8 Å². The minimum absolute atomic E-state index is 0.00581. The lowest BCUT2D eigenvalue weighted by Gasteiger charge is -2.29. The Labute approximate surface area is 211 Å². The smallest absolute Gasteiger partial charge is 0.326 e. The fourth-order valence-corrected chi connectivity index (χ4v) is 4.76. The summed E-state index contributed by atoms with van der Waals surface area (Å²) in [6, 6.07) is 4.74. The molecule has 2 aliphatic rings. The fourth-order valence-electron chi connectivity index (χ4n) is 4.76. The van der Waals surface area contributed by atoms with Gasteiger partial charge in [-0.2, -0.15) is 0 Å². The second-order valence-electron chi connectivity index (χ2n) is 9.29. The number of phenols is 3. The Morgan fingerprint density at radius 3 is 2.24 bits per heavy atom. The van der Waals surface area contributed by atoms with Gasteiger partial charge < -0.3 is 30.5 Å². The number of fused-ring (bicyclic) bond motifs is 3. The van der Waals surface area contributed by atoms with Crippen LogP contribution in [0.4, 0.5) is 0 Å². The van der Waals surface area contributed by atoms with Crippen molar-refractivity contribution in [2.24, 2.45) is 0 Å². The topological polar surface area (TPSA) is 170 Å². The highest BCUT2D eigenvalue weighted by Crippen LogP contribution is 2.57. The summed E-state index contributed by atoms with van der Waals surface area (Å²) in [5.41, 5.74) is -1.73. The number of carboxylic acids is 1. The molecule has 0 bridgehead atoms. The van der Waals surface area contributed by atoms with Gasteiger partial charge in [0.15, 0.2) is 17.3 Å². The number of hydrogen-bond donors (Lipinski definition) is 5. The first kappa shape index (κ1) is 25.5. The molecule has 1 heterocycles. The molecule has 0 aromatic heterocycles. The lowest BCUT2D eigenvalue weighted by molar-refractivity contribution is -0.139. The summed E-state index contributed by atoms with van der Waals surface area (Å²) in [5, 5.41) is 43.3. The number of benzene rings is 2. The van der Waals surface area contributed by atoms with Crippen molar-refractivity contribution in [3.05, 3.63) is 69.6 Å². The Bertz CT molecular complexity index is 1450. The number of carbonyl (C=O) groups is 4. The van der Waals surface area contributed by atoms with E-state index in [4.69, 9.17) is 4.74 Å². The van der Waals surface area contributed by atoms with E-state index < -0.39 is 46.3 Å². The molecule has 1 aliphatic heterocycles. The van der Waals surface area contributed by atoms with E-state index in [0.717, 1.165) is 6.08 Å². The number of ketones is 3. The molecule has 2 aromatic rings. The molecule has 0 fully saturated rings. The Morgan fingerprint density at radius 1 is 1.05 bits per heavy atom. The van der Waals surface area contributed by atoms with Crippen LogP contribution in [-0.4, -0.2) is 49.8 Å². The number of ether oxygens (including phenoxy) is 1. The molecule has 0 saturated heterocycles. The van der Waals surface area contributed by atoms with E-state index >= 15 is 0 Å². The Balaban J connectivity index is 1.80. The largest absolute Gasteiger partial charge is 0.508 e. The van der Waals surface area contributed by atoms with Gasteiger partial charge in [-0.1, -0.05) is 12.1 Å². The van der Waals surface area contributed by atoms with E-state index in [-0.39, 0.29) is 51.6 Å². The average molecular weight is 507 g/mol. The first-order chi connectivity index (χ1) is 17.3. The van der Waals surface area contributed by atoms with Crippen LogP contribution in [0.2, 0.25) is 0 Å². The summed E-state index contributed by atoms with van der Waals surface area (Å²) in [5.74, 6) is -4.53. The van der Waals surface area contributed by atoms with Gasteiger partial charge in [0, 0.05) is 23.8 Å². The van der Waals surface area contributed by atoms with Crippen LogP contribution in [0.1, 0.15) is 47.8 Å². The number of aromatic hydroxyl groups is 3. The van der Waals surface area contributed by atoms with Gasteiger partial charge >= 0.3 is 5.97 Å². The fraction of sp³-hybridized carbons (Fsp3) is 0.259. The SMILES string of the molecule is CC(=O)c1c(O)c(C)c(O)c2c1OC1=CC(=O)/C(=C(/C)N[C@@H](Cc3ccc(O)cc3)C(=O)O)C(=O)[C@@]12C. The quantitative estimate of drug-likeness (QED) is 0.222. The Morgan fingerprint density at radius 2 is 1.68 bits per heavy atom. The first-order valence-electron chi connectivity index (χ1n) is 11.4. The summed E-state index contributed by atoms with van der Waals surface area (Å²) in [4.78, 5) is 51.1.